The third kappa shape index (κ3) is 4.60. The topological polar surface area (TPSA) is 220 Å². The molecule has 0 saturated carbocycles. The van der Waals surface area contributed by atoms with Crippen molar-refractivity contribution in [1.29, 1.82) is 0 Å². The minimum Gasteiger partial charge on any atom is -0.508 e. The normalized spacial score (nSPS) is 36.5. The number of rotatable bonds is 4. The Morgan fingerprint density at radius 1 is 0.800 bits per heavy atom. The molecule has 2 aliphatic rings. The summed E-state index contributed by atoms with van der Waals surface area (Å²) in [5.74, 6) is -3.24. The van der Waals surface area contributed by atoms with E-state index in [-0.39, 0.29) is 28.2 Å². The zero-order chi connectivity index (χ0) is 29.1. The molecule has 0 radical (unpaired) electrons. The average Bonchev–Trinajstić information content (AvgIpc) is 2.91. The lowest BCUT2D eigenvalue weighted by molar-refractivity contribution is -0.390. The first-order valence-corrected chi connectivity index (χ1v) is 12.5. The number of aromatic hydroxyl groups is 2. The molecule has 5 rings (SSSR count). The van der Waals surface area contributed by atoms with E-state index >= 15 is 0 Å². The van der Waals surface area contributed by atoms with Crippen molar-refractivity contribution in [3.8, 4) is 28.6 Å². The highest BCUT2D eigenvalue weighted by atomic mass is 16.7. The van der Waals surface area contributed by atoms with Gasteiger partial charge in [-0.15, -0.1) is 0 Å². The zero-order valence-electron chi connectivity index (χ0n) is 21.4. The number of fused-ring (bicyclic) bond motifs is 1. The van der Waals surface area contributed by atoms with Crippen LogP contribution in [0.3, 0.4) is 0 Å². The van der Waals surface area contributed by atoms with Gasteiger partial charge in [0, 0.05) is 23.8 Å². The Morgan fingerprint density at radius 2 is 1.45 bits per heavy atom. The number of hydrogen-bond acceptors (Lipinski definition) is 13. The van der Waals surface area contributed by atoms with E-state index in [4.69, 9.17) is 18.6 Å². The van der Waals surface area contributed by atoms with E-state index < -0.39 is 71.9 Å². The van der Waals surface area contributed by atoms with E-state index in [1.807, 2.05) is 0 Å². The van der Waals surface area contributed by atoms with Crippen LogP contribution in [-0.4, -0.2) is 102 Å². The Labute approximate surface area is 226 Å². The molecule has 2 aliphatic heterocycles. The van der Waals surface area contributed by atoms with Crippen molar-refractivity contribution in [3.63, 3.8) is 0 Å². The maximum atomic E-state index is 12.9. The summed E-state index contributed by atoms with van der Waals surface area (Å²) in [4.78, 5) is 12.9. The summed E-state index contributed by atoms with van der Waals surface area (Å²) in [5.41, 5.74) is -0.300. The molecule has 0 bridgehead atoms. The van der Waals surface area contributed by atoms with Crippen molar-refractivity contribution in [2.45, 2.75) is 74.6 Å². The highest BCUT2D eigenvalue weighted by molar-refractivity contribution is 5.86. The molecule has 13 heteroatoms. The van der Waals surface area contributed by atoms with Crippen molar-refractivity contribution in [1.82, 2.24) is 0 Å². The van der Waals surface area contributed by atoms with Gasteiger partial charge in [-0.3, -0.25) is 4.79 Å². The number of phenols is 2. The molecule has 40 heavy (non-hydrogen) atoms. The van der Waals surface area contributed by atoms with Crippen molar-refractivity contribution < 1.29 is 59.5 Å². The minimum absolute atomic E-state index is 0.00263. The van der Waals surface area contributed by atoms with Gasteiger partial charge in [-0.05, 0) is 38.1 Å². The SMILES string of the molecule is CC1OC(C2(Oc3cc(O)c4c(=O)cc(-c5ccc(O)cc5)oc4c3)OC(C)C(O)C(O)C2O)C(O)C(O)C1O. The fraction of sp³-hybridized carbons (Fsp3) is 0.444. The molecule has 10 atom stereocenters. The second kappa shape index (κ2) is 10.3. The van der Waals surface area contributed by atoms with Gasteiger partial charge in [0.1, 0.15) is 64.5 Å². The molecule has 216 valence electrons. The van der Waals surface area contributed by atoms with Crippen LogP contribution in [0, 0.1) is 0 Å². The molecular formula is C27H30O13. The average molecular weight is 563 g/mol. The molecule has 13 nitrogen and oxygen atoms in total. The van der Waals surface area contributed by atoms with E-state index in [0.717, 1.165) is 12.1 Å². The van der Waals surface area contributed by atoms with Crippen molar-refractivity contribution in [2.24, 2.45) is 0 Å². The van der Waals surface area contributed by atoms with Crippen molar-refractivity contribution >= 4 is 11.0 Å². The molecule has 3 heterocycles. The van der Waals surface area contributed by atoms with Crippen LogP contribution in [0.25, 0.3) is 22.3 Å². The molecule has 1 aromatic heterocycles. The Bertz CT molecular complexity index is 1440. The number of phenolic OH excluding ortho intramolecular Hbond substituents is 2. The molecular weight excluding hydrogens is 532 g/mol. The third-order valence-electron chi connectivity index (χ3n) is 7.40. The Morgan fingerprint density at radius 3 is 2.12 bits per heavy atom. The summed E-state index contributed by atoms with van der Waals surface area (Å²) in [6, 6.07) is 9.18. The summed E-state index contributed by atoms with van der Waals surface area (Å²) < 4.78 is 23.4. The molecule has 0 amide bonds. The van der Waals surface area contributed by atoms with Gasteiger partial charge >= 0.3 is 0 Å². The molecule has 2 fully saturated rings. The first-order chi connectivity index (χ1) is 18.8. The van der Waals surface area contributed by atoms with Crippen LogP contribution < -0.4 is 10.2 Å². The van der Waals surface area contributed by atoms with Crippen LogP contribution >= 0.6 is 0 Å². The van der Waals surface area contributed by atoms with Gasteiger partial charge in [-0.1, -0.05) is 0 Å². The lowest BCUT2D eigenvalue weighted by Gasteiger charge is -2.54. The van der Waals surface area contributed by atoms with Crippen LogP contribution in [0.1, 0.15) is 13.8 Å². The standard InChI is InChI=1S/C27H30O13/c1-10-20(31)22(33)24(35)26(37-10)27(25(36)23(34)21(32)11(2)39-27)40-14-7-15(29)19-16(30)9-17(38-18(19)8-14)12-3-5-13(28)6-4-12/h3-11,20-26,28-29,31-36H,1-2H3. The monoisotopic (exact) mass is 562 g/mol. The Kier molecular flexibility index (Phi) is 7.27. The highest BCUT2D eigenvalue weighted by Gasteiger charge is 2.64. The number of aliphatic hydroxyl groups excluding tert-OH is 6. The first-order valence-electron chi connectivity index (χ1n) is 12.5. The maximum Gasteiger partial charge on any atom is 0.268 e. The molecule has 0 spiro atoms. The number of benzene rings is 2. The van der Waals surface area contributed by atoms with E-state index in [1.165, 1.54) is 44.2 Å². The largest absolute Gasteiger partial charge is 0.508 e. The molecule has 0 aliphatic carbocycles. The van der Waals surface area contributed by atoms with Crippen LogP contribution in [0.15, 0.2) is 51.7 Å². The van der Waals surface area contributed by atoms with Gasteiger partial charge in [0.05, 0.1) is 12.2 Å². The summed E-state index contributed by atoms with van der Waals surface area (Å²) in [5, 5.41) is 83.6. The van der Waals surface area contributed by atoms with Crippen molar-refractivity contribution in [2.75, 3.05) is 0 Å². The van der Waals surface area contributed by atoms with Crippen molar-refractivity contribution in [3.05, 3.63) is 52.7 Å². The predicted octanol–water partition coefficient (Wildman–Crippen LogP) is -0.682. The lowest BCUT2D eigenvalue weighted by atomic mass is 9.83. The molecule has 2 aromatic carbocycles. The summed E-state index contributed by atoms with van der Waals surface area (Å²) in [6.45, 7) is 2.76. The first kappa shape index (κ1) is 28.3. The van der Waals surface area contributed by atoms with Crippen LogP contribution in [0.2, 0.25) is 0 Å². The lowest BCUT2D eigenvalue weighted by Crippen LogP contribution is -2.76. The van der Waals surface area contributed by atoms with Gasteiger partial charge in [0.25, 0.3) is 5.79 Å². The number of hydrogen-bond donors (Lipinski definition) is 8. The van der Waals surface area contributed by atoms with Crippen LogP contribution in [-0.2, 0) is 9.47 Å². The summed E-state index contributed by atoms with van der Waals surface area (Å²) in [7, 11) is 0. The maximum absolute atomic E-state index is 12.9. The number of aliphatic hydroxyl groups is 6. The third-order valence-corrected chi connectivity index (χ3v) is 7.40. The molecule has 2 saturated heterocycles. The second-order valence-corrected chi connectivity index (χ2v) is 10.1. The van der Waals surface area contributed by atoms with E-state index in [0.29, 0.717) is 5.56 Å². The second-order valence-electron chi connectivity index (χ2n) is 10.1. The zero-order valence-corrected chi connectivity index (χ0v) is 21.4. The van der Waals surface area contributed by atoms with Gasteiger partial charge in [-0.25, -0.2) is 0 Å². The highest BCUT2D eigenvalue weighted by Crippen LogP contribution is 2.42. The van der Waals surface area contributed by atoms with E-state index in [1.54, 1.807) is 0 Å². The summed E-state index contributed by atoms with van der Waals surface area (Å²) >= 11 is 0. The van der Waals surface area contributed by atoms with Crippen LogP contribution in [0.5, 0.6) is 17.2 Å². The van der Waals surface area contributed by atoms with Gasteiger partial charge < -0.3 is 59.5 Å². The quantitative estimate of drug-likeness (QED) is 0.198. The van der Waals surface area contributed by atoms with E-state index in [9.17, 15) is 45.6 Å². The Balaban J connectivity index is 1.63. The van der Waals surface area contributed by atoms with Gasteiger partial charge in [0.2, 0.25) is 0 Å². The molecule has 8 N–H and O–H groups in total. The van der Waals surface area contributed by atoms with Crippen LogP contribution in [0.4, 0.5) is 0 Å². The van der Waals surface area contributed by atoms with Gasteiger partial charge in [0.15, 0.2) is 17.6 Å². The smallest absolute Gasteiger partial charge is 0.268 e. The summed E-state index contributed by atoms with van der Waals surface area (Å²) in [6.07, 6.45) is -14.7. The van der Waals surface area contributed by atoms with E-state index in [2.05, 4.69) is 0 Å². The Hall–Kier alpha value is -3.27. The number of ether oxygens (including phenoxy) is 3. The molecule has 3 aromatic rings. The fourth-order valence-corrected chi connectivity index (χ4v) is 5.15. The minimum atomic E-state index is -2.50. The predicted molar refractivity (Wildman–Crippen MR) is 136 cm³/mol. The molecule has 10 unspecified atom stereocenters. The van der Waals surface area contributed by atoms with Gasteiger partial charge in [-0.2, -0.15) is 0 Å². The fourth-order valence-electron chi connectivity index (χ4n) is 5.15.